The summed E-state index contributed by atoms with van der Waals surface area (Å²) in [6.45, 7) is 0.303. The molecule has 0 bridgehead atoms. The molecule has 0 aliphatic heterocycles. The molecular formula is C16H11BrO2S. The summed E-state index contributed by atoms with van der Waals surface area (Å²) in [5.41, 5.74) is 0.990. The van der Waals surface area contributed by atoms with Crippen molar-refractivity contribution in [3.63, 3.8) is 0 Å². The quantitative estimate of drug-likeness (QED) is 0.622. The summed E-state index contributed by atoms with van der Waals surface area (Å²) < 4.78 is 7.42. The molecule has 0 aliphatic carbocycles. The van der Waals surface area contributed by atoms with Crippen LogP contribution in [0.5, 0.6) is 0 Å². The number of carbonyl (C=O) groups excluding carboxylic acids is 1. The van der Waals surface area contributed by atoms with Crippen molar-refractivity contribution < 1.29 is 9.53 Å². The zero-order chi connectivity index (χ0) is 13.9. The number of halogens is 1. The minimum Gasteiger partial charge on any atom is -0.457 e. The average Bonchev–Trinajstić information content (AvgIpc) is 2.89. The lowest BCUT2D eigenvalue weighted by Gasteiger charge is -2.02. The number of esters is 1. The number of rotatable bonds is 3. The van der Waals surface area contributed by atoms with Gasteiger partial charge in [0.1, 0.15) is 11.5 Å². The predicted octanol–water partition coefficient (Wildman–Crippen LogP) is 5.02. The third-order valence-corrected chi connectivity index (χ3v) is 4.47. The molecule has 2 nitrogen and oxygen atoms in total. The number of hydrogen-bond donors (Lipinski definition) is 0. The first-order valence-electron chi connectivity index (χ1n) is 6.12. The fraction of sp³-hybridized carbons (Fsp3) is 0.0625. The molecule has 2 aromatic carbocycles. The normalized spacial score (nSPS) is 10.7. The Balaban J connectivity index is 1.75. The van der Waals surface area contributed by atoms with Crippen LogP contribution < -0.4 is 0 Å². The molecule has 20 heavy (non-hydrogen) atoms. The highest BCUT2D eigenvalue weighted by Crippen LogP contribution is 2.28. The third-order valence-electron chi connectivity index (χ3n) is 2.90. The van der Waals surface area contributed by atoms with Gasteiger partial charge in [-0.1, -0.05) is 52.3 Å². The molecule has 1 heterocycles. The predicted molar refractivity (Wildman–Crippen MR) is 85.1 cm³/mol. The molecule has 0 N–H and O–H groups in total. The molecule has 0 unspecified atom stereocenters. The second kappa shape index (κ2) is 5.77. The second-order valence-corrected chi connectivity index (χ2v) is 6.35. The lowest BCUT2D eigenvalue weighted by Crippen LogP contribution is -2.02. The Bertz CT molecular complexity index is 750. The topological polar surface area (TPSA) is 26.3 Å². The van der Waals surface area contributed by atoms with Gasteiger partial charge in [-0.25, -0.2) is 4.79 Å². The Kier molecular flexibility index (Phi) is 3.85. The van der Waals surface area contributed by atoms with Crippen molar-refractivity contribution >= 4 is 43.3 Å². The van der Waals surface area contributed by atoms with Gasteiger partial charge in [0.05, 0.1) is 0 Å². The number of fused-ring (bicyclic) bond motifs is 1. The van der Waals surface area contributed by atoms with Crippen molar-refractivity contribution in [2.75, 3.05) is 0 Å². The van der Waals surface area contributed by atoms with E-state index in [1.54, 1.807) is 0 Å². The average molecular weight is 347 g/mol. The minimum absolute atomic E-state index is 0.272. The van der Waals surface area contributed by atoms with Gasteiger partial charge < -0.3 is 4.74 Å². The molecule has 3 aromatic rings. The fourth-order valence-corrected chi connectivity index (χ4v) is 3.41. The van der Waals surface area contributed by atoms with Gasteiger partial charge in [0, 0.05) is 9.17 Å². The number of benzene rings is 2. The first-order chi connectivity index (χ1) is 9.72. The zero-order valence-electron chi connectivity index (χ0n) is 10.5. The summed E-state index contributed by atoms with van der Waals surface area (Å²) >= 11 is 4.88. The second-order valence-electron chi connectivity index (χ2n) is 4.35. The highest BCUT2D eigenvalue weighted by Gasteiger charge is 2.12. The number of ether oxygens (including phenoxy) is 1. The molecule has 3 rings (SSSR count). The van der Waals surface area contributed by atoms with Gasteiger partial charge in [0.15, 0.2) is 0 Å². The van der Waals surface area contributed by atoms with Crippen molar-refractivity contribution in [2.24, 2.45) is 0 Å². The van der Waals surface area contributed by atoms with Gasteiger partial charge in [-0.3, -0.25) is 0 Å². The van der Waals surface area contributed by atoms with Crippen molar-refractivity contribution in [2.45, 2.75) is 6.61 Å². The maximum Gasteiger partial charge on any atom is 0.348 e. The van der Waals surface area contributed by atoms with Crippen molar-refractivity contribution in [1.82, 2.24) is 0 Å². The minimum atomic E-state index is -0.272. The van der Waals surface area contributed by atoms with Gasteiger partial charge in [0.25, 0.3) is 0 Å². The van der Waals surface area contributed by atoms with E-state index in [1.165, 1.54) is 11.3 Å². The molecule has 1 aromatic heterocycles. The molecule has 0 saturated carbocycles. The van der Waals surface area contributed by atoms with Gasteiger partial charge in [-0.15, -0.1) is 11.3 Å². The molecule has 0 spiro atoms. The lowest BCUT2D eigenvalue weighted by atomic mass is 10.2. The van der Waals surface area contributed by atoms with Crippen LogP contribution in [0.2, 0.25) is 0 Å². The molecular weight excluding hydrogens is 336 g/mol. The summed E-state index contributed by atoms with van der Waals surface area (Å²) in [4.78, 5) is 12.7. The first kappa shape index (κ1) is 13.3. The molecule has 0 fully saturated rings. The van der Waals surface area contributed by atoms with Gasteiger partial charge in [-0.2, -0.15) is 0 Å². The maximum atomic E-state index is 12.0. The Morgan fingerprint density at radius 3 is 2.70 bits per heavy atom. The Morgan fingerprint density at radius 1 is 1.10 bits per heavy atom. The molecule has 0 aliphatic rings. The van der Waals surface area contributed by atoms with Crippen LogP contribution >= 0.6 is 27.3 Å². The molecule has 0 atom stereocenters. The highest BCUT2D eigenvalue weighted by atomic mass is 79.9. The Labute approximate surface area is 129 Å². The molecule has 4 heteroatoms. The van der Waals surface area contributed by atoms with E-state index < -0.39 is 0 Å². The van der Waals surface area contributed by atoms with E-state index in [9.17, 15) is 4.79 Å². The van der Waals surface area contributed by atoms with Crippen LogP contribution in [-0.2, 0) is 11.3 Å². The van der Waals surface area contributed by atoms with Crippen molar-refractivity contribution in [1.29, 1.82) is 0 Å². The smallest absolute Gasteiger partial charge is 0.348 e. The Morgan fingerprint density at radius 2 is 1.90 bits per heavy atom. The van der Waals surface area contributed by atoms with Crippen LogP contribution in [0.25, 0.3) is 10.1 Å². The Hall–Kier alpha value is -1.65. The SMILES string of the molecule is O=C(OCc1ccccc1)c1cc2ccc(Br)cc2s1. The number of thiophene rings is 1. The third kappa shape index (κ3) is 2.92. The molecule has 0 saturated heterocycles. The van der Waals surface area contributed by atoms with Crippen molar-refractivity contribution in [3.8, 4) is 0 Å². The lowest BCUT2D eigenvalue weighted by molar-refractivity contribution is 0.0478. The summed E-state index contributed by atoms with van der Waals surface area (Å²) in [6, 6.07) is 17.5. The monoisotopic (exact) mass is 346 g/mol. The molecule has 0 amide bonds. The van der Waals surface area contributed by atoms with E-state index in [-0.39, 0.29) is 5.97 Å². The van der Waals surface area contributed by atoms with E-state index in [0.29, 0.717) is 11.5 Å². The summed E-state index contributed by atoms with van der Waals surface area (Å²) in [5, 5.41) is 1.06. The van der Waals surface area contributed by atoms with E-state index in [0.717, 1.165) is 20.1 Å². The highest BCUT2D eigenvalue weighted by molar-refractivity contribution is 9.10. The van der Waals surface area contributed by atoms with Crippen LogP contribution in [0.4, 0.5) is 0 Å². The van der Waals surface area contributed by atoms with E-state index in [1.807, 2.05) is 54.6 Å². The fourth-order valence-electron chi connectivity index (χ4n) is 1.90. The van der Waals surface area contributed by atoms with Gasteiger partial charge >= 0.3 is 5.97 Å². The van der Waals surface area contributed by atoms with E-state index in [2.05, 4.69) is 15.9 Å². The largest absolute Gasteiger partial charge is 0.457 e. The standard InChI is InChI=1S/C16H11BrO2S/c17-13-7-6-12-8-15(20-14(12)9-13)16(18)19-10-11-4-2-1-3-5-11/h1-9H,10H2. The van der Waals surface area contributed by atoms with Crippen LogP contribution in [0.15, 0.2) is 59.1 Å². The van der Waals surface area contributed by atoms with E-state index in [4.69, 9.17) is 4.74 Å². The maximum absolute atomic E-state index is 12.0. The van der Waals surface area contributed by atoms with Gasteiger partial charge in [-0.05, 0) is 29.1 Å². The molecule has 100 valence electrons. The van der Waals surface area contributed by atoms with Crippen LogP contribution in [0, 0.1) is 0 Å². The first-order valence-corrected chi connectivity index (χ1v) is 7.73. The van der Waals surface area contributed by atoms with Gasteiger partial charge in [0.2, 0.25) is 0 Å². The summed E-state index contributed by atoms with van der Waals surface area (Å²) in [5.74, 6) is -0.272. The summed E-state index contributed by atoms with van der Waals surface area (Å²) in [6.07, 6.45) is 0. The summed E-state index contributed by atoms with van der Waals surface area (Å²) in [7, 11) is 0. The van der Waals surface area contributed by atoms with Crippen LogP contribution in [0.1, 0.15) is 15.2 Å². The number of carbonyl (C=O) groups is 1. The zero-order valence-corrected chi connectivity index (χ0v) is 12.9. The van der Waals surface area contributed by atoms with Crippen molar-refractivity contribution in [3.05, 3.63) is 69.5 Å². The molecule has 0 radical (unpaired) electrons. The number of hydrogen-bond acceptors (Lipinski definition) is 3. The van der Waals surface area contributed by atoms with Crippen LogP contribution in [-0.4, -0.2) is 5.97 Å². The van der Waals surface area contributed by atoms with E-state index >= 15 is 0 Å². The van der Waals surface area contributed by atoms with Crippen LogP contribution in [0.3, 0.4) is 0 Å².